The Labute approximate surface area is 147 Å². The maximum atomic E-state index is 12.3. The Morgan fingerprint density at radius 1 is 1.28 bits per heavy atom. The van der Waals surface area contributed by atoms with Crippen LogP contribution in [0.1, 0.15) is 0 Å². The summed E-state index contributed by atoms with van der Waals surface area (Å²) < 4.78 is 51.3. The number of nitrogens with one attached hydrogen (secondary N) is 1. The van der Waals surface area contributed by atoms with E-state index in [2.05, 4.69) is 14.8 Å². The van der Waals surface area contributed by atoms with Crippen molar-refractivity contribution in [3.8, 4) is 0 Å². The minimum absolute atomic E-state index is 0.149. The van der Waals surface area contributed by atoms with Gasteiger partial charge in [-0.3, -0.25) is 4.79 Å². The first-order valence-electron chi connectivity index (χ1n) is 6.51. The first-order chi connectivity index (χ1) is 11.5. The van der Waals surface area contributed by atoms with Crippen LogP contribution in [0.3, 0.4) is 0 Å². The van der Waals surface area contributed by atoms with E-state index in [4.69, 9.17) is 10.9 Å². The molecular formula is C11H14N6O5S3. The van der Waals surface area contributed by atoms with Crippen LogP contribution in [0.4, 0.5) is 5.69 Å². The van der Waals surface area contributed by atoms with Crippen molar-refractivity contribution in [1.82, 2.24) is 9.78 Å². The van der Waals surface area contributed by atoms with E-state index in [9.17, 15) is 21.6 Å². The van der Waals surface area contributed by atoms with Crippen molar-refractivity contribution >= 4 is 43.0 Å². The molecule has 1 aromatic heterocycles. The number of hydrogen-bond acceptors (Lipinski definition) is 8. The maximum absolute atomic E-state index is 12.3. The lowest BCUT2D eigenvalue weighted by molar-refractivity contribution is -0.114. The lowest BCUT2D eigenvalue weighted by Gasteiger charge is -2.04. The summed E-state index contributed by atoms with van der Waals surface area (Å²) in [5.41, 5.74) is 5.54. The number of amides is 1. The molecule has 136 valence electrons. The van der Waals surface area contributed by atoms with Crippen molar-refractivity contribution in [3.05, 3.63) is 29.1 Å². The summed E-state index contributed by atoms with van der Waals surface area (Å²) in [7, 11) is -6.84. The van der Waals surface area contributed by atoms with Crippen LogP contribution in [-0.2, 0) is 31.9 Å². The molecule has 2 rings (SSSR count). The zero-order valence-electron chi connectivity index (χ0n) is 12.8. The predicted octanol–water partition coefficient (Wildman–Crippen LogP) is -1.68. The highest BCUT2D eigenvalue weighted by Gasteiger charge is 2.17. The van der Waals surface area contributed by atoms with Gasteiger partial charge in [0.1, 0.15) is 0 Å². The van der Waals surface area contributed by atoms with Gasteiger partial charge in [-0.1, -0.05) is 11.3 Å². The van der Waals surface area contributed by atoms with Gasteiger partial charge in [0.2, 0.25) is 15.0 Å². The van der Waals surface area contributed by atoms with Gasteiger partial charge in [-0.05, 0) is 24.3 Å². The van der Waals surface area contributed by atoms with Gasteiger partial charge in [-0.15, -0.1) is 9.50 Å². The summed E-state index contributed by atoms with van der Waals surface area (Å²) in [5, 5.41) is 11.0. The van der Waals surface area contributed by atoms with E-state index in [-0.39, 0.29) is 16.2 Å². The van der Waals surface area contributed by atoms with E-state index in [0.717, 1.165) is 4.68 Å². The van der Waals surface area contributed by atoms with Gasteiger partial charge in [0.15, 0.2) is 0 Å². The zero-order valence-corrected chi connectivity index (χ0v) is 15.2. The summed E-state index contributed by atoms with van der Waals surface area (Å²) in [4.78, 5) is 10.9. The van der Waals surface area contributed by atoms with Crippen molar-refractivity contribution in [2.75, 3.05) is 11.9 Å². The number of nitrogens with zero attached hydrogens (tertiary/aromatic N) is 3. The molecule has 0 aliphatic carbocycles. The van der Waals surface area contributed by atoms with E-state index in [0.29, 0.717) is 17.0 Å². The van der Waals surface area contributed by atoms with E-state index in [1.54, 1.807) is 0 Å². The van der Waals surface area contributed by atoms with E-state index in [1.165, 1.54) is 31.3 Å². The summed E-state index contributed by atoms with van der Waals surface area (Å²) in [6.07, 6.45) is 0. The highest BCUT2D eigenvalue weighted by Crippen LogP contribution is 2.16. The van der Waals surface area contributed by atoms with Crippen molar-refractivity contribution in [2.45, 2.75) is 9.24 Å². The van der Waals surface area contributed by atoms with Crippen molar-refractivity contribution in [3.63, 3.8) is 0 Å². The van der Waals surface area contributed by atoms with E-state index >= 15 is 0 Å². The topological polar surface area (TPSA) is 180 Å². The van der Waals surface area contributed by atoms with Crippen molar-refractivity contribution < 1.29 is 21.6 Å². The van der Waals surface area contributed by atoms with Gasteiger partial charge in [0, 0.05) is 12.7 Å². The molecule has 0 spiro atoms. The third kappa shape index (κ3) is 4.70. The fraction of sp³-hybridized carbons (Fsp3) is 0.182. The van der Waals surface area contributed by atoms with Crippen LogP contribution in [0.2, 0.25) is 0 Å². The third-order valence-corrected chi connectivity index (χ3v) is 6.46. The van der Waals surface area contributed by atoms with E-state index in [1.807, 2.05) is 0 Å². The average Bonchev–Trinajstić information content (AvgIpc) is 2.88. The van der Waals surface area contributed by atoms with Crippen LogP contribution in [-0.4, -0.2) is 39.1 Å². The number of rotatable bonds is 5. The Balaban J connectivity index is 2.39. The van der Waals surface area contributed by atoms with Crippen LogP contribution < -0.4 is 21.0 Å². The van der Waals surface area contributed by atoms with Gasteiger partial charge in [0.25, 0.3) is 20.0 Å². The van der Waals surface area contributed by atoms with Crippen LogP contribution in [0.5, 0.6) is 0 Å². The molecule has 0 radical (unpaired) electrons. The van der Waals surface area contributed by atoms with Crippen LogP contribution in [0.25, 0.3) is 0 Å². The second kappa shape index (κ2) is 7.01. The predicted molar refractivity (Wildman–Crippen MR) is 89.3 cm³/mol. The molecule has 14 heteroatoms. The molecule has 11 nitrogen and oxygen atoms in total. The number of nitrogens with two attached hydrogens (primary N) is 2. The molecule has 0 bridgehead atoms. The SMILES string of the molecule is Cn1nc(S(N)(=O)=O)s/c1=N/S(=O)(=O)c1ccc(NC(=O)CN)cc1. The third-order valence-electron chi connectivity index (χ3n) is 2.75. The molecular weight excluding hydrogens is 392 g/mol. The summed E-state index contributed by atoms with van der Waals surface area (Å²) >= 11 is 0.525. The molecule has 1 heterocycles. The summed E-state index contributed by atoms with van der Waals surface area (Å²) in [6, 6.07) is 5.23. The first kappa shape index (κ1) is 19.2. The van der Waals surface area contributed by atoms with Gasteiger partial charge < -0.3 is 11.1 Å². The first-order valence-corrected chi connectivity index (χ1v) is 10.3. The average molecular weight is 406 g/mol. The molecule has 0 saturated carbocycles. The van der Waals surface area contributed by atoms with Gasteiger partial charge in [0.05, 0.1) is 11.4 Å². The molecule has 0 aliphatic rings. The summed E-state index contributed by atoms with van der Waals surface area (Å²) in [6.45, 7) is -0.205. The van der Waals surface area contributed by atoms with E-state index < -0.39 is 30.3 Å². The Hall–Kier alpha value is -2.13. The molecule has 0 unspecified atom stereocenters. The van der Waals surface area contributed by atoms with Crippen molar-refractivity contribution in [1.29, 1.82) is 0 Å². The number of primary sulfonamides is 1. The highest BCUT2D eigenvalue weighted by molar-refractivity contribution is 7.91. The lowest BCUT2D eigenvalue weighted by atomic mass is 10.3. The number of anilines is 1. The van der Waals surface area contributed by atoms with Crippen molar-refractivity contribution in [2.24, 2.45) is 22.3 Å². The largest absolute Gasteiger partial charge is 0.325 e. The Morgan fingerprint density at radius 3 is 2.36 bits per heavy atom. The molecule has 1 amide bonds. The number of benzene rings is 1. The number of aryl methyl sites for hydroxylation is 1. The number of carbonyl (C=O) groups is 1. The standard InChI is InChI=1S/C11H14N6O5S3/c1-17-10(23-11(15-17)24(13,19)20)16-25(21,22)8-4-2-7(3-5-8)14-9(18)6-12/h2-5H,6,12H2,1H3,(H,14,18)(H2,13,19,20)/b16-10+. The Kier molecular flexibility index (Phi) is 5.38. The molecule has 0 aliphatic heterocycles. The van der Waals surface area contributed by atoms with Crippen LogP contribution in [0, 0.1) is 0 Å². The summed E-state index contributed by atoms with van der Waals surface area (Å²) in [5.74, 6) is -0.424. The molecule has 0 fully saturated rings. The number of hydrogen-bond donors (Lipinski definition) is 3. The zero-order chi connectivity index (χ0) is 18.8. The second-order valence-electron chi connectivity index (χ2n) is 4.66. The van der Waals surface area contributed by atoms with Gasteiger partial charge in [-0.2, -0.15) is 8.42 Å². The number of sulfonamides is 2. The van der Waals surface area contributed by atoms with Gasteiger partial charge >= 0.3 is 0 Å². The lowest BCUT2D eigenvalue weighted by Crippen LogP contribution is -2.21. The highest BCUT2D eigenvalue weighted by atomic mass is 32.2. The van der Waals surface area contributed by atoms with Crippen LogP contribution >= 0.6 is 11.3 Å². The Bertz CT molecular complexity index is 1070. The molecule has 25 heavy (non-hydrogen) atoms. The normalized spacial score (nSPS) is 13.0. The number of aromatic nitrogens is 2. The molecule has 2 aromatic rings. The quantitative estimate of drug-likeness (QED) is 0.530. The number of carbonyl (C=O) groups excluding carboxylic acids is 1. The molecule has 5 N–H and O–H groups in total. The second-order valence-corrected chi connectivity index (χ2v) is 8.96. The Morgan fingerprint density at radius 2 is 1.88 bits per heavy atom. The smallest absolute Gasteiger partial charge is 0.285 e. The molecule has 0 atom stereocenters. The molecule has 0 saturated heterocycles. The fourth-order valence-electron chi connectivity index (χ4n) is 1.60. The monoisotopic (exact) mass is 406 g/mol. The maximum Gasteiger partial charge on any atom is 0.285 e. The fourth-order valence-corrected chi connectivity index (χ4v) is 4.37. The minimum atomic E-state index is -4.12. The van der Waals surface area contributed by atoms with Gasteiger partial charge in [-0.25, -0.2) is 18.2 Å². The minimum Gasteiger partial charge on any atom is -0.325 e. The molecule has 1 aromatic carbocycles. The van der Waals surface area contributed by atoms with Crippen LogP contribution in [0.15, 0.2) is 37.9 Å².